The van der Waals surface area contributed by atoms with Crippen LogP contribution in [0.25, 0.3) is 11.0 Å². The smallest absolute Gasteiger partial charge is 0.223 e. The molecule has 0 saturated carbocycles. The van der Waals surface area contributed by atoms with Crippen molar-refractivity contribution in [1.82, 2.24) is 14.5 Å². The average molecular weight is 426 g/mol. The van der Waals surface area contributed by atoms with E-state index in [1.807, 2.05) is 4.90 Å². The van der Waals surface area contributed by atoms with E-state index in [1.54, 1.807) is 0 Å². The van der Waals surface area contributed by atoms with Crippen molar-refractivity contribution in [1.29, 1.82) is 0 Å². The molecule has 172 valence electrons. The number of benzene rings is 1. The largest absolute Gasteiger partial charge is 0.337 e. The van der Waals surface area contributed by atoms with Gasteiger partial charge in [0.2, 0.25) is 5.91 Å². The zero-order valence-corrected chi connectivity index (χ0v) is 20.3. The van der Waals surface area contributed by atoms with Crippen LogP contribution in [0.5, 0.6) is 0 Å². The van der Waals surface area contributed by atoms with E-state index in [0.29, 0.717) is 6.42 Å². The fourth-order valence-electron chi connectivity index (χ4n) is 4.93. The van der Waals surface area contributed by atoms with Gasteiger partial charge in [0.1, 0.15) is 5.82 Å². The number of likely N-dealkylation sites (tertiary alicyclic amines) is 1. The van der Waals surface area contributed by atoms with Crippen LogP contribution in [0.3, 0.4) is 0 Å². The lowest BCUT2D eigenvalue weighted by Crippen LogP contribution is -2.42. The zero-order valence-electron chi connectivity index (χ0n) is 20.3. The number of amides is 1. The molecule has 0 radical (unpaired) electrons. The van der Waals surface area contributed by atoms with Crippen molar-refractivity contribution in [3.63, 3.8) is 0 Å². The molecule has 1 aromatic carbocycles. The van der Waals surface area contributed by atoms with E-state index in [9.17, 15) is 4.79 Å². The standard InChI is InChI=1S/C27H43N3O/c1-5-6-7-8-9-10-11-12-13-16-19-29-24-18-15-14-17-23(24)28-26(29)22-20-25(31)30(21-22)27(2,3)4/h14-15,17-18,22H,5-13,16,19-21H2,1-4H3. The number of hydrogen-bond acceptors (Lipinski definition) is 2. The molecule has 0 bridgehead atoms. The number of fused-ring (bicyclic) bond motifs is 1. The lowest BCUT2D eigenvalue weighted by molar-refractivity contribution is -0.131. The minimum absolute atomic E-state index is 0.126. The number of imidazole rings is 1. The van der Waals surface area contributed by atoms with Gasteiger partial charge in [0.05, 0.1) is 11.0 Å². The molecular formula is C27H43N3O. The summed E-state index contributed by atoms with van der Waals surface area (Å²) in [5.41, 5.74) is 2.15. The number of para-hydroxylation sites is 2. The highest BCUT2D eigenvalue weighted by Crippen LogP contribution is 2.34. The third-order valence-electron chi connectivity index (χ3n) is 6.72. The molecule has 4 nitrogen and oxygen atoms in total. The fourth-order valence-corrected chi connectivity index (χ4v) is 4.93. The molecule has 0 spiro atoms. The molecular weight excluding hydrogens is 382 g/mol. The maximum Gasteiger partial charge on any atom is 0.223 e. The SMILES string of the molecule is CCCCCCCCCCCCn1c(C2CC(=O)N(C(C)(C)C)C2)nc2ccccc21. The Morgan fingerprint density at radius 1 is 0.935 bits per heavy atom. The summed E-state index contributed by atoms with van der Waals surface area (Å²) < 4.78 is 2.41. The average Bonchev–Trinajstić information content (AvgIpc) is 3.30. The van der Waals surface area contributed by atoms with Gasteiger partial charge in [-0.1, -0.05) is 76.8 Å². The van der Waals surface area contributed by atoms with Crippen LogP contribution in [0.4, 0.5) is 0 Å². The van der Waals surface area contributed by atoms with E-state index in [2.05, 4.69) is 56.5 Å². The summed E-state index contributed by atoms with van der Waals surface area (Å²) in [6, 6.07) is 8.45. The lowest BCUT2D eigenvalue weighted by Gasteiger charge is -2.32. The minimum Gasteiger partial charge on any atom is -0.337 e. The molecule has 1 saturated heterocycles. The Labute approximate surface area is 189 Å². The van der Waals surface area contributed by atoms with E-state index >= 15 is 0 Å². The molecule has 1 aromatic heterocycles. The van der Waals surface area contributed by atoms with E-state index in [0.717, 1.165) is 24.4 Å². The van der Waals surface area contributed by atoms with Gasteiger partial charge >= 0.3 is 0 Å². The summed E-state index contributed by atoms with van der Waals surface area (Å²) in [5.74, 6) is 1.56. The highest BCUT2D eigenvalue weighted by atomic mass is 16.2. The van der Waals surface area contributed by atoms with Crippen molar-refractivity contribution in [2.24, 2.45) is 0 Å². The van der Waals surface area contributed by atoms with Gasteiger partial charge in [-0.3, -0.25) is 4.79 Å². The highest BCUT2D eigenvalue weighted by Gasteiger charge is 2.38. The van der Waals surface area contributed by atoms with Gasteiger partial charge in [0.25, 0.3) is 0 Å². The van der Waals surface area contributed by atoms with Crippen LogP contribution in [0.1, 0.15) is 110 Å². The molecule has 2 heterocycles. The Bertz CT molecular complexity index is 833. The monoisotopic (exact) mass is 425 g/mol. The van der Waals surface area contributed by atoms with Gasteiger partial charge in [0.15, 0.2) is 0 Å². The Hall–Kier alpha value is -1.84. The van der Waals surface area contributed by atoms with Crippen LogP contribution in [0.2, 0.25) is 0 Å². The predicted octanol–water partition coefficient (Wildman–Crippen LogP) is 7.07. The number of carbonyl (C=O) groups is 1. The number of aryl methyl sites for hydroxylation is 1. The van der Waals surface area contributed by atoms with E-state index < -0.39 is 0 Å². The number of rotatable bonds is 12. The second-order valence-corrected chi connectivity index (χ2v) is 10.4. The highest BCUT2D eigenvalue weighted by molar-refractivity contribution is 5.81. The van der Waals surface area contributed by atoms with Gasteiger partial charge in [-0.25, -0.2) is 4.98 Å². The molecule has 1 aliphatic heterocycles. The Balaban J connectivity index is 1.56. The molecule has 1 aliphatic rings. The van der Waals surface area contributed by atoms with Gasteiger partial charge in [0, 0.05) is 31.0 Å². The molecule has 0 N–H and O–H groups in total. The van der Waals surface area contributed by atoms with E-state index in [1.165, 1.54) is 69.7 Å². The van der Waals surface area contributed by atoms with Crippen molar-refractivity contribution >= 4 is 16.9 Å². The van der Waals surface area contributed by atoms with Gasteiger partial charge in [-0.15, -0.1) is 0 Å². The first-order valence-electron chi connectivity index (χ1n) is 12.7. The summed E-state index contributed by atoms with van der Waals surface area (Å²) in [7, 11) is 0. The normalized spacial score (nSPS) is 17.2. The number of aromatic nitrogens is 2. The first-order valence-corrected chi connectivity index (χ1v) is 12.7. The molecule has 31 heavy (non-hydrogen) atoms. The van der Waals surface area contributed by atoms with Crippen LogP contribution in [-0.2, 0) is 11.3 Å². The van der Waals surface area contributed by atoms with Crippen molar-refractivity contribution in [3.8, 4) is 0 Å². The van der Waals surface area contributed by atoms with Gasteiger partial charge in [-0.2, -0.15) is 0 Å². The summed E-state index contributed by atoms with van der Waals surface area (Å²) in [4.78, 5) is 19.7. The quantitative estimate of drug-likeness (QED) is 0.341. The molecule has 1 amide bonds. The molecule has 4 heteroatoms. The first-order chi connectivity index (χ1) is 14.9. The van der Waals surface area contributed by atoms with E-state index in [4.69, 9.17) is 4.98 Å². The third-order valence-corrected chi connectivity index (χ3v) is 6.72. The second kappa shape index (κ2) is 11.2. The molecule has 2 aromatic rings. The van der Waals surface area contributed by atoms with Crippen molar-refractivity contribution in [2.75, 3.05) is 6.54 Å². The minimum atomic E-state index is -0.126. The predicted molar refractivity (Wildman–Crippen MR) is 130 cm³/mol. The van der Waals surface area contributed by atoms with Crippen LogP contribution in [-0.4, -0.2) is 32.4 Å². The summed E-state index contributed by atoms with van der Waals surface area (Å²) >= 11 is 0. The van der Waals surface area contributed by atoms with Crippen LogP contribution in [0.15, 0.2) is 24.3 Å². The molecule has 3 rings (SSSR count). The number of nitrogens with zero attached hydrogens (tertiary/aromatic N) is 3. The van der Waals surface area contributed by atoms with E-state index in [-0.39, 0.29) is 17.4 Å². The fraction of sp³-hybridized carbons (Fsp3) is 0.704. The van der Waals surface area contributed by atoms with Crippen LogP contribution >= 0.6 is 0 Å². The van der Waals surface area contributed by atoms with Crippen molar-refractivity contribution in [3.05, 3.63) is 30.1 Å². The maximum absolute atomic E-state index is 12.7. The van der Waals surface area contributed by atoms with Crippen molar-refractivity contribution in [2.45, 2.75) is 116 Å². The van der Waals surface area contributed by atoms with Crippen LogP contribution in [0, 0.1) is 0 Å². The maximum atomic E-state index is 12.7. The summed E-state index contributed by atoms with van der Waals surface area (Å²) in [6.07, 6.45) is 14.1. The summed E-state index contributed by atoms with van der Waals surface area (Å²) in [6.45, 7) is 10.4. The molecule has 1 unspecified atom stereocenters. The summed E-state index contributed by atoms with van der Waals surface area (Å²) in [5, 5.41) is 0. The van der Waals surface area contributed by atoms with Gasteiger partial charge in [-0.05, 0) is 39.3 Å². The Kier molecular flexibility index (Phi) is 8.57. The molecule has 1 fully saturated rings. The van der Waals surface area contributed by atoms with Crippen LogP contribution < -0.4 is 0 Å². The second-order valence-electron chi connectivity index (χ2n) is 10.4. The Morgan fingerprint density at radius 3 is 2.16 bits per heavy atom. The van der Waals surface area contributed by atoms with Crippen molar-refractivity contribution < 1.29 is 4.79 Å². The Morgan fingerprint density at radius 2 is 1.55 bits per heavy atom. The number of carbonyl (C=O) groups excluding carboxylic acids is 1. The lowest BCUT2D eigenvalue weighted by atomic mass is 10.1. The topological polar surface area (TPSA) is 38.1 Å². The third kappa shape index (κ3) is 6.33. The molecule has 1 atom stereocenters. The number of hydrogen-bond donors (Lipinski definition) is 0. The first kappa shape index (κ1) is 23.8. The van der Waals surface area contributed by atoms with Gasteiger partial charge < -0.3 is 9.47 Å². The molecule has 0 aliphatic carbocycles. The zero-order chi connectivity index (χ0) is 22.3. The number of unbranched alkanes of at least 4 members (excludes halogenated alkanes) is 9.